The zero-order valence-electron chi connectivity index (χ0n) is 10.4. The van der Waals surface area contributed by atoms with Gasteiger partial charge < -0.3 is 5.73 Å². The number of hydrogen-bond donors (Lipinski definition) is 2. The molecular weight excluding hydrogens is 316 g/mol. The highest BCUT2D eigenvalue weighted by Gasteiger charge is 2.17. The Morgan fingerprint density at radius 2 is 2.11 bits per heavy atom. The molecule has 0 unspecified atom stereocenters. The average molecular weight is 333 g/mol. The maximum Gasteiger partial charge on any atom is 0.240 e. The van der Waals surface area contributed by atoms with Gasteiger partial charge in [0.1, 0.15) is 0 Å². The molecule has 0 aromatic heterocycles. The van der Waals surface area contributed by atoms with Crippen LogP contribution < -0.4 is 10.5 Å². The molecule has 0 fully saturated rings. The molecule has 0 aliphatic heterocycles. The molecule has 0 amide bonds. The summed E-state index contributed by atoms with van der Waals surface area (Å²) in [6, 6.07) is 3.17. The molecule has 100 valence electrons. The molecule has 0 heterocycles. The Balaban J connectivity index is 2.95. The second-order valence-electron chi connectivity index (χ2n) is 3.89. The number of rotatable bonds is 5. The van der Waals surface area contributed by atoms with Crippen molar-refractivity contribution in [1.82, 2.24) is 4.72 Å². The Kier molecular flexibility index (Phi) is 5.37. The van der Waals surface area contributed by atoms with Gasteiger partial charge in [-0.1, -0.05) is 12.2 Å². The summed E-state index contributed by atoms with van der Waals surface area (Å²) in [5, 5.41) is 0. The number of nitrogens with two attached hydrogens (primary N) is 1. The van der Waals surface area contributed by atoms with E-state index in [-0.39, 0.29) is 4.90 Å². The summed E-state index contributed by atoms with van der Waals surface area (Å²) < 4.78 is 27.4. The van der Waals surface area contributed by atoms with Crippen LogP contribution in [0.25, 0.3) is 0 Å². The lowest BCUT2D eigenvalue weighted by molar-refractivity contribution is 0.581. The molecule has 0 aliphatic rings. The summed E-state index contributed by atoms with van der Waals surface area (Å²) in [6.45, 7) is 4.01. The summed E-state index contributed by atoms with van der Waals surface area (Å²) in [5.41, 5.74) is 6.79. The number of anilines is 1. The Hall–Kier alpha value is -0.850. The van der Waals surface area contributed by atoms with Crippen LogP contribution in [0.1, 0.15) is 18.9 Å². The van der Waals surface area contributed by atoms with Crippen LogP contribution in [0.4, 0.5) is 5.69 Å². The number of halogens is 1. The topological polar surface area (TPSA) is 72.2 Å². The quantitative estimate of drug-likeness (QED) is 0.494. The largest absolute Gasteiger partial charge is 0.398 e. The molecule has 0 saturated carbocycles. The first-order chi connectivity index (χ1) is 8.38. The van der Waals surface area contributed by atoms with Gasteiger partial charge in [-0.3, -0.25) is 0 Å². The van der Waals surface area contributed by atoms with Crippen molar-refractivity contribution < 1.29 is 8.42 Å². The average Bonchev–Trinajstić information content (AvgIpc) is 2.29. The molecule has 18 heavy (non-hydrogen) atoms. The predicted molar refractivity (Wildman–Crippen MR) is 77.9 cm³/mol. The van der Waals surface area contributed by atoms with E-state index < -0.39 is 10.0 Å². The van der Waals surface area contributed by atoms with Gasteiger partial charge in [0.25, 0.3) is 0 Å². The molecule has 3 N–H and O–H groups in total. The fourth-order valence-electron chi connectivity index (χ4n) is 1.48. The molecule has 4 nitrogen and oxygen atoms in total. The van der Waals surface area contributed by atoms with Crippen LogP contribution in [-0.4, -0.2) is 15.0 Å². The van der Waals surface area contributed by atoms with Crippen molar-refractivity contribution in [2.75, 3.05) is 12.3 Å². The first-order valence-corrected chi connectivity index (χ1v) is 7.82. The van der Waals surface area contributed by atoms with Gasteiger partial charge in [0.05, 0.1) is 4.90 Å². The van der Waals surface area contributed by atoms with E-state index in [0.29, 0.717) is 28.7 Å². The number of aryl methyl sites for hydroxylation is 1. The minimum atomic E-state index is -3.50. The lowest BCUT2D eigenvalue weighted by Crippen LogP contribution is -2.25. The lowest BCUT2D eigenvalue weighted by Gasteiger charge is -2.10. The zero-order chi connectivity index (χ0) is 13.8. The van der Waals surface area contributed by atoms with Gasteiger partial charge in [0.15, 0.2) is 0 Å². The molecule has 1 aromatic carbocycles. The summed E-state index contributed by atoms with van der Waals surface area (Å²) in [7, 11) is -3.50. The first kappa shape index (κ1) is 15.2. The van der Waals surface area contributed by atoms with Gasteiger partial charge in [0.2, 0.25) is 10.0 Å². The highest BCUT2D eigenvalue weighted by molar-refractivity contribution is 9.10. The monoisotopic (exact) mass is 332 g/mol. The van der Waals surface area contributed by atoms with Crippen LogP contribution >= 0.6 is 15.9 Å². The fraction of sp³-hybridized carbons (Fsp3) is 0.333. The number of hydrogen-bond acceptors (Lipinski definition) is 3. The smallest absolute Gasteiger partial charge is 0.240 e. The number of allylic oxidation sites excluding steroid dienone is 1. The van der Waals surface area contributed by atoms with E-state index >= 15 is 0 Å². The normalized spacial score (nSPS) is 12.2. The van der Waals surface area contributed by atoms with E-state index in [1.165, 1.54) is 6.07 Å². The molecule has 0 aliphatic carbocycles. The van der Waals surface area contributed by atoms with Crippen LogP contribution in [0.5, 0.6) is 0 Å². The highest BCUT2D eigenvalue weighted by atomic mass is 79.9. The Morgan fingerprint density at radius 3 is 2.72 bits per heavy atom. The molecule has 0 radical (unpaired) electrons. The molecule has 1 aromatic rings. The highest BCUT2D eigenvalue weighted by Crippen LogP contribution is 2.26. The van der Waals surface area contributed by atoms with Crippen LogP contribution in [0.2, 0.25) is 0 Å². The number of nitrogens with one attached hydrogen (secondary N) is 1. The van der Waals surface area contributed by atoms with Crippen LogP contribution in [-0.2, 0) is 10.0 Å². The molecular formula is C12H17BrN2O2S. The first-order valence-electron chi connectivity index (χ1n) is 5.55. The summed E-state index contributed by atoms with van der Waals surface area (Å²) in [4.78, 5) is 0.226. The van der Waals surface area contributed by atoms with E-state index in [1.807, 2.05) is 19.1 Å². The van der Waals surface area contributed by atoms with E-state index in [9.17, 15) is 8.42 Å². The summed E-state index contributed by atoms with van der Waals surface area (Å²) >= 11 is 3.27. The molecule has 0 bridgehead atoms. The molecule has 1 rings (SSSR count). The van der Waals surface area contributed by atoms with Crippen LogP contribution in [0.3, 0.4) is 0 Å². The van der Waals surface area contributed by atoms with E-state index in [1.54, 1.807) is 13.0 Å². The maximum atomic E-state index is 12.1. The van der Waals surface area contributed by atoms with Gasteiger partial charge in [-0.25, -0.2) is 13.1 Å². The minimum absolute atomic E-state index is 0.226. The van der Waals surface area contributed by atoms with Gasteiger partial charge in [-0.05, 0) is 53.9 Å². The standard InChI is InChI=1S/C12H17BrN2O2S/c1-3-4-5-6-15-18(16,17)12-8-11(14)10(13)7-9(12)2/h3-4,7-8,15H,5-6,14H2,1-2H3/b4-3+. The molecule has 0 spiro atoms. The van der Waals surface area contributed by atoms with E-state index in [4.69, 9.17) is 5.73 Å². The van der Waals surface area contributed by atoms with Crippen molar-refractivity contribution in [1.29, 1.82) is 0 Å². The Bertz CT molecular complexity index is 553. The van der Waals surface area contributed by atoms with E-state index in [2.05, 4.69) is 20.7 Å². The lowest BCUT2D eigenvalue weighted by atomic mass is 10.2. The minimum Gasteiger partial charge on any atom is -0.398 e. The second-order valence-corrected chi connectivity index (χ2v) is 6.48. The Morgan fingerprint density at radius 1 is 1.44 bits per heavy atom. The van der Waals surface area contributed by atoms with Crippen molar-refractivity contribution in [3.63, 3.8) is 0 Å². The number of benzene rings is 1. The molecule has 0 saturated heterocycles. The zero-order valence-corrected chi connectivity index (χ0v) is 12.8. The van der Waals surface area contributed by atoms with E-state index in [0.717, 1.165) is 0 Å². The maximum absolute atomic E-state index is 12.1. The SMILES string of the molecule is C/C=C/CCNS(=O)(=O)c1cc(N)c(Br)cc1C. The van der Waals surface area contributed by atoms with Gasteiger partial charge in [-0.2, -0.15) is 0 Å². The van der Waals surface area contributed by atoms with Crippen molar-refractivity contribution in [3.8, 4) is 0 Å². The number of sulfonamides is 1. The third kappa shape index (κ3) is 3.83. The van der Waals surface area contributed by atoms with Crippen LogP contribution in [0, 0.1) is 6.92 Å². The van der Waals surface area contributed by atoms with Gasteiger partial charge >= 0.3 is 0 Å². The predicted octanol–water partition coefficient (Wildman–Crippen LogP) is 2.58. The van der Waals surface area contributed by atoms with Crippen molar-refractivity contribution in [3.05, 3.63) is 34.3 Å². The number of nitrogen functional groups attached to an aromatic ring is 1. The molecule has 6 heteroatoms. The van der Waals surface area contributed by atoms with Crippen molar-refractivity contribution in [2.24, 2.45) is 0 Å². The summed E-state index contributed by atoms with van der Waals surface area (Å²) in [5.74, 6) is 0. The van der Waals surface area contributed by atoms with Crippen molar-refractivity contribution >= 4 is 31.6 Å². The molecule has 0 atom stereocenters. The Labute approximate surface area is 116 Å². The third-order valence-electron chi connectivity index (χ3n) is 2.42. The summed E-state index contributed by atoms with van der Waals surface area (Å²) in [6.07, 6.45) is 4.46. The fourth-order valence-corrected chi connectivity index (χ4v) is 3.24. The van der Waals surface area contributed by atoms with Gasteiger partial charge in [0, 0.05) is 16.7 Å². The van der Waals surface area contributed by atoms with Crippen LogP contribution in [0.15, 0.2) is 33.7 Å². The van der Waals surface area contributed by atoms with Gasteiger partial charge in [-0.15, -0.1) is 0 Å². The second kappa shape index (κ2) is 6.36. The third-order valence-corrected chi connectivity index (χ3v) is 4.71. The van der Waals surface area contributed by atoms with Crippen molar-refractivity contribution in [2.45, 2.75) is 25.2 Å².